The molecule has 1 N–H and O–H groups in total. The van der Waals surface area contributed by atoms with Crippen LogP contribution in [0.1, 0.15) is 22.7 Å². The molecule has 4 aromatic rings. The van der Waals surface area contributed by atoms with Crippen molar-refractivity contribution in [1.82, 2.24) is 0 Å². The number of carbonyl (C=O) groups excluding carboxylic acids is 2. The van der Waals surface area contributed by atoms with E-state index < -0.39 is 17.7 Å². The highest BCUT2D eigenvalue weighted by Gasteiger charge is 2.47. The van der Waals surface area contributed by atoms with Crippen LogP contribution in [0.15, 0.2) is 103 Å². The number of benzene rings is 4. The van der Waals surface area contributed by atoms with Crippen LogP contribution in [0, 0.1) is 6.92 Å². The lowest BCUT2D eigenvalue weighted by Crippen LogP contribution is -2.29. The molecule has 4 aromatic carbocycles. The molecule has 2 aliphatic heterocycles. The van der Waals surface area contributed by atoms with Crippen LogP contribution in [-0.4, -0.2) is 30.0 Å². The molecule has 1 saturated heterocycles. The van der Waals surface area contributed by atoms with E-state index in [2.05, 4.69) is 0 Å². The monoisotopic (exact) mass is 519 g/mol. The van der Waals surface area contributed by atoms with Crippen molar-refractivity contribution < 1.29 is 28.9 Å². The van der Waals surface area contributed by atoms with Crippen molar-refractivity contribution in [3.63, 3.8) is 0 Å². The SMILES string of the molecule is Cc1ccc(N2C(=O)C(=O)/C(=C(\O)c3ccc4c(c3)OCCO4)C2c2cccc(Oc3ccccc3)c2)cc1. The van der Waals surface area contributed by atoms with Crippen molar-refractivity contribution in [1.29, 1.82) is 0 Å². The van der Waals surface area contributed by atoms with Gasteiger partial charge in [-0.1, -0.05) is 48.0 Å². The first-order valence-corrected chi connectivity index (χ1v) is 12.6. The first-order valence-electron chi connectivity index (χ1n) is 12.6. The Labute approximate surface area is 225 Å². The largest absolute Gasteiger partial charge is 0.507 e. The summed E-state index contributed by atoms with van der Waals surface area (Å²) < 4.78 is 17.3. The molecule has 0 bridgehead atoms. The number of hydrogen-bond acceptors (Lipinski definition) is 6. The smallest absolute Gasteiger partial charge is 0.300 e. The highest BCUT2D eigenvalue weighted by atomic mass is 16.6. The lowest BCUT2D eigenvalue weighted by molar-refractivity contribution is -0.132. The number of rotatable bonds is 5. The van der Waals surface area contributed by atoms with Crippen LogP contribution < -0.4 is 19.1 Å². The maximum absolute atomic E-state index is 13.5. The van der Waals surface area contributed by atoms with Gasteiger partial charge in [-0.25, -0.2) is 0 Å². The van der Waals surface area contributed by atoms with Gasteiger partial charge in [0.1, 0.15) is 30.5 Å². The average Bonchev–Trinajstić information content (AvgIpc) is 3.23. The molecule has 0 aromatic heterocycles. The van der Waals surface area contributed by atoms with Gasteiger partial charge in [0.2, 0.25) is 0 Å². The minimum absolute atomic E-state index is 0.0193. The summed E-state index contributed by atoms with van der Waals surface area (Å²) in [6, 6.07) is 27.9. The van der Waals surface area contributed by atoms with Crippen LogP contribution in [0.25, 0.3) is 5.76 Å². The number of aliphatic hydroxyl groups excluding tert-OH is 1. The maximum atomic E-state index is 13.5. The second-order valence-electron chi connectivity index (χ2n) is 9.35. The van der Waals surface area contributed by atoms with Crippen molar-refractivity contribution in [3.05, 3.63) is 119 Å². The van der Waals surface area contributed by atoms with Crippen LogP contribution in [0.2, 0.25) is 0 Å². The van der Waals surface area contributed by atoms with Gasteiger partial charge in [0.05, 0.1) is 11.6 Å². The first kappa shape index (κ1) is 24.3. The summed E-state index contributed by atoms with van der Waals surface area (Å²) in [6.07, 6.45) is 0. The van der Waals surface area contributed by atoms with Crippen molar-refractivity contribution in [2.24, 2.45) is 0 Å². The molecule has 39 heavy (non-hydrogen) atoms. The molecule has 7 nitrogen and oxygen atoms in total. The molecule has 2 heterocycles. The Bertz CT molecular complexity index is 1590. The van der Waals surface area contributed by atoms with Crippen LogP contribution in [0.5, 0.6) is 23.0 Å². The molecule has 0 radical (unpaired) electrons. The van der Waals surface area contributed by atoms with E-state index in [1.165, 1.54) is 4.90 Å². The Hall–Kier alpha value is -5.04. The molecule has 1 unspecified atom stereocenters. The average molecular weight is 520 g/mol. The summed E-state index contributed by atoms with van der Waals surface area (Å²) in [5.41, 5.74) is 2.50. The fourth-order valence-corrected chi connectivity index (χ4v) is 4.84. The number of aryl methyl sites for hydroxylation is 1. The molecule has 1 amide bonds. The molecule has 2 aliphatic rings. The fourth-order valence-electron chi connectivity index (χ4n) is 4.84. The van der Waals surface area contributed by atoms with E-state index in [1.807, 2.05) is 55.5 Å². The summed E-state index contributed by atoms with van der Waals surface area (Å²) in [6.45, 7) is 2.76. The summed E-state index contributed by atoms with van der Waals surface area (Å²) in [4.78, 5) is 28.4. The number of ether oxygens (including phenoxy) is 3. The van der Waals surface area contributed by atoms with Gasteiger partial charge in [-0.05, 0) is 67.1 Å². The van der Waals surface area contributed by atoms with Gasteiger partial charge in [0.25, 0.3) is 11.7 Å². The van der Waals surface area contributed by atoms with Gasteiger partial charge in [0, 0.05) is 11.3 Å². The minimum atomic E-state index is -0.889. The Kier molecular flexibility index (Phi) is 6.25. The van der Waals surface area contributed by atoms with E-state index in [0.717, 1.165) is 5.56 Å². The number of ketones is 1. The zero-order valence-corrected chi connectivity index (χ0v) is 21.2. The summed E-state index contributed by atoms with van der Waals surface area (Å²) >= 11 is 0. The quantitative estimate of drug-likeness (QED) is 0.192. The zero-order valence-electron chi connectivity index (χ0n) is 21.2. The van der Waals surface area contributed by atoms with Gasteiger partial charge < -0.3 is 19.3 Å². The lowest BCUT2D eigenvalue weighted by atomic mass is 9.94. The Morgan fingerprint density at radius 3 is 2.31 bits per heavy atom. The van der Waals surface area contributed by atoms with Gasteiger partial charge in [-0.2, -0.15) is 0 Å². The topological polar surface area (TPSA) is 85.3 Å². The Morgan fingerprint density at radius 1 is 0.821 bits per heavy atom. The number of para-hydroxylation sites is 1. The molecule has 0 saturated carbocycles. The number of fused-ring (bicyclic) bond motifs is 1. The highest BCUT2D eigenvalue weighted by Crippen LogP contribution is 2.44. The number of aliphatic hydroxyl groups is 1. The van der Waals surface area contributed by atoms with Gasteiger partial charge in [0.15, 0.2) is 11.5 Å². The predicted octanol–water partition coefficient (Wildman–Crippen LogP) is 6.18. The van der Waals surface area contributed by atoms with E-state index in [0.29, 0.717) is 53.0 Å². The van der Waals surface area contributed by atoms with Gasteiger partial charge in [-0.3, -0.25) is 14.5 Å². The number of nitrogens with zero attached hydrogens (tertiary/aromatic N) is 1. The zero-order chi connectivity index (χ0) is 26.9. The second kappa shape index (κ2) is 10.0. The standard InChI is InChI=1S/C32H25NO6/c1-20-10-13-23(14-11-20)33-29(21-6-5-9-25(18-21)39-24-7-3-2-4-8-24)28(31(35)32(33)36)30(34)22-12-15-26-27(19-22)38-17-16-37-26/h2-15,18-19,29,34H,16-17H2,1H3/b30-28-. The van der Waals surface area contributed by atoms with E-state index in [-0.39, 0.29) is 11.3 Å². The molecule has 1 atom stereocenters. The van der Waals surface area contributed by atoms with Crippen LogP contribution in [0.4, 0.5) is 5.69 Å². The van der Waals surface area contributed by atoms with E-state index in [1.54, 1.807) is 48.5 Å². The molecular weight excluding hydrogens is 494 g/mol. The van der Waals surface area contributed by atoms with Crippen molar-refractivity contribution >= 4 is 23.1 Å². The second-order valence-corrected chi connectivity index (χ2v) is 9.35. The minimum Gasteiger partial charge on any atom is -0.507 e. The third-order valence-electron chi connectivity index (χ3n) is 6.72. The first-order chi connectivity index (χ1) is 19.0. The Balaban J connectivity index is 1.49. The molecule has 194 valence electrons. The van der Waals surface area contributed by atoms with Crippen molar-refractivity contribution in [2.75, 3.05) is 18.1 Å². The van der Waals surface area contributed by atoms with Crippen molar-refractivity contribution in [3.8, 4) is 23.0 Å². The molecular formula is C32H25NO6. The normalized spacial score (nSPS) is 17.8. The lowest BCUT2D eigenvalue weighted by Gasteiger charge is -2.26. The molecule has 6 rings (SSSR count). The number of Topliss-reactive ketones (excluding diaryl/α,β-unsaturated/α-hetero) is 1. The maximum Gasteiger partial charge on any atom is 0.300 e. The number of carbonyl (C=O) groups is 2. The van der Waals surface area contributed by atoms with E-state index in [9.17, 15) is 14.7 Å². The Morgan fingerprint density at radius 2 is 1.54 bits per heavy atom. The van der Waals surface area contributed by atoms with Gasteiger partial charge in [-0.15, -0.1) is 0 Å². The van der Waals surface area contributed by atoms with Crippen LogP contribution in [0.3, 0.4) is 0 Å². The predicted molar refractivity (Wildman–Crippen MR) is 146 cm³/mol. The van der Waals surface area contributed by atoms with Gasteiger partial charge >= 0.3 is 0 Å². The molecule has 1 fully saturated rings. The summed E-state index contributed by atoms with van der Waals surface area (Å²) in [5.74, 6) is 0.415. The van der Waals surface area contributed by atoms with E-state index >= 15 is 0 Å². The highest BCUT2D eigenvalue weighted by molar-refractivity contribution is 6.51. The molecule has 7 heteroatoms. The summed E-state index contributed by atoms with van der Waals surface area (Å²) in [7, 11) is 0. The van der Waals surface area contributed by atoms with Crippen LogP contribution in [-0.2, 0) is 9.59 Å². The van der Waals surface area contributed by atoms with Crippen LogP contribution >= 0.6 is 0 Å². The molecule has 0 aliphatic carbocycles. The van der Waals surface area contributed by atoms with Crippen molar-refractivity contribution in [2.45, 2.75) is 13.0 Å². The summed E-state index contributed by atoms with van der Waals surface area (Å²) in [5, 5.41) is 11.5. The number of amides is 1. The number of anilines is 1. The molecule has 0 spiro atoms. The third-order valence-corrected chi connectivity index (χ3v) is 6.72. The third kappa shape index (κ3) is 4.59. The van der Waals surface area contributed by atoms with E-state index in [4.69, 9.17) is 14.2 Å². The number of hydrogen-bond donors (Lipinski definition) is 1. The fraction of sp³-hybridized carbons (Fsp3) is 0.125.